The SMILES string of the molecule is CCCCC(C)F.CN. The van der Waals surface area contributed by atoms with Gasteiger partial charge in [0.2, 0.25) is 0 Å². The van der Waals surface area contributed by atoms with Crippen LogP contribution in [-0.4, -0.2) is 13.2 Å². The molecule has 0 aliphatic heterocycles. The van der Waals surface area contributed by atoms with Crippen LogP contribution in [0.25, 0.3) is 0 Å². The normalized spacial score (nSPS) is 11.7. The summed E-state index contributed by atoms with van der Waals surface area (Å²) in [5.41, 5.74) is 4.50. The number of unbranched alkanes of at least 4 members (excludes halogenated alkanes) is 1. The molecule has 0 radical (unpaired) electrons. The van der Waals surface area contributed by atoms with Crippen molar-refractivity contribution >= 4 is 0 Å². The summed E-state index contributed by atoms with van der Waals surface area (Å²) in [6.45, 7) is 3.68. The predicted octanol–water partition coefficient (Wildman–Crippen LogP) is 2.11. The van der Waals surface area contributed by atoms with Crippen molar-refractivity contribution in [2.75, 3.05) is 7.05 Å². The summed E-state index contributed by atoms with van der Waals surface area (Å²) in [6, 6.07) is 0. The van der Waals surface area contributed by atoms with Crippen molar-refractivity contribution in [1.29, 1.82) is 0 Å². The van der Waals surface area contributed by atoms with Gasteiger partial charge < -0.3 is 5.73 Å². The Hall–Kier alpha value is -0.110. The first-order valence-corrected chi connectivity index (χ1v) is 3.49. The van der Waals surface area contributed by atoms with Crippen molar-refractivity contribution in [1.82, 2.24) is 0 Å². The molecule has 0 saturated heterocycles. The Labute approximate surface area is 57.4 Å². The van der Waals surface area contributed by atoms with Crippen molar-refractivity contribution in [2.45, 2.75) is 39.3 Å². The highest BCUT2D eigenvalue weighted by molar-refractivity contribution is 4.44. The summed E-state index contributed by atoms with van der Waals surface area (Å²) in [5.74, 6) is 0. The van der Waals surface area contributed by atoms with Gasteiger partial charge in [-0.15, -0.1) is 0 Å². The lowest BCUT2D eigenvalue weighted by Gasteiger charge is -1.95. The molecule has 9 heavy (non-hydrogen) atoms. The maximum Gasteiger partial charge on any atom is 0.0973 e. The summed E-state index contributed by atoms with van der Waals surface area (Å²) in [4.78, 5) is 0. The molecule has 0 saturated carbocycles. The maximum absolute atomic E-state index is 11.9. The maximum atomic E-state index is 11.9. The Bertz CT molecular complexity index is 37.9. The molecule has 2 heteroatoms. The standard InChI is InChI=1S/C6H13F.CH5N/c1-3-4-5-6(2)7;1-2/h6H,3-5H2,1-2H3;2H2,1H3. The topological polar surface area (TPSA) is 26.0 Å². The monoisotopic (exact) mass is 135 g/mol. The number of alkyl halides is 1. The molecule has 0 bridgehead atoms. The lowest BCUT2D eigenvalue weighted by Crippen LogP contribution is -1.89. The lowest BCUT2D eigenvalue weighted by atomic mass is 10.2. The summed E-state index contributed by atoms with van der Waals surface area (Å²) in [5, 5.41) is 0. The van der Waals surface area contributed by atoms with E-state index in [4.69, 9.17) is 0 Å². The molecule has 0 aromatic carbocycles. The van der Waals surface area contributed by atoms with E-state index < -0.39 is 6.17 Å². The van der Waals surface area contributed by atoms with Crippen LogP contribution in [0, 0.1) is 0 Å². The molecule has 0 amide bonds. The molecule has 0 aliphatic carbocycles. The van der Waals surface area contributed by atoms with Gasteiger partial charge >= 0.3 is 0 Å². The highest BCUT2D eigenvalue weighted by Crippen LogP contribution is 2.01. The second-order valence-electron chi connectivity index (χ2n) is 1.92. The highest BCUT2D eigenvalue weighted by atomic mass is 19.1. The van der Waals surface area contributed by atoms with Gasteiger partial charge in [-0.25, -0.2) is 4.39 Å². The van der Waals surface area contributed by atoms with Crippen LogP contribution in [0.4, 0.5) is 4.39 Å². The Morgan fingerprint density at radius 1 is 1.44 bits per heavy atom. The third-order valence-corrected chi connectivity index (χ3v) is 0.955. The average molecular weight is 135 g/mol. The first-order chi connectivity index (χ1) is 4.27. The molecule has 0 heterocycles. The van der Waals surface area contributed by atoms with Gasteiger partial charge in [-0.1, -0.05) is 19.8 Å². The molecule has 0 aromatic heterocycles. The third kappa shape index (κ3) is 18.1. The van der Waals surface area contributed by atoms with Crippen molar-refractivity contribution in [3.05, 3.63) is 0 Å². The molecule has 1 atom stereocenters. The van der Waals surface area contributed by atoms with Gasteiger partial charge in [0.05, 0.1) is 6.17 Å². The van der Waals surface area contributed by atoms with E-state index in [9.17, 15) is 4.39 Å². The molecule has 2 N–H and O–H groups in total. The van der Waals surface area contributed by atoms with E-state index >= 15 is 0 Å². The fraction of sp³-hybridized carbons (Fsp3) is 1.00. The lowest BCUT2D eigenvalue weighted by molar-refractivity contribution is 0.333. The van der Waals surface area contributed by atoms with Crippen molar-refractivity contribution in [3.63, 3.8) is 0 Å². The van der Waals surface area contributed by atoms with Crippen LogP contribution >= 0.6 is 0 Å². The Morgan fingerprint density at radius 2 is 1.89 bits per heavy atom. The van der Waals surface area contributed by atoms with Crippen LogP contribution in [0.3, 0.4) is 0 Å². The minimum absolute atomic E-state index is 0.597. The van der Waals surface area contributed by atoms with E-state index in [0.717, 1.165) is 19.3 Å². The summed E-state index contributed by atoms with van der Waals surface area (Å²) in [7, 11) is 1.50. The number of halogens is 1. The Kier molecular flexibility index (Phi) is 14.0. The number of hydrogen-bond acceptors (Lipinski definition) is 1. The first kappa shape index (κ1) is 11.7. The average Bonchev–Trinajstić information content (AvgIpc) is 1.88. The first-order valence-electron chi connectivity index (χ1n) is 3.49. The molecule has 0 aliphatic rings. The van der Waals surface area contributed by atoms with Gasteiger partial charge in [-0.05, 0) is 20.4 Å². The molecule has 1 unspecified atom stereocenters. The summed E-state index contributed by atoms with van der Waals surface area (Å²) in [6.07, 6.45) is 2.27. The predicted molar refractivity (Wildman–Crippen MR) is 40.2 cm³/mol. The zero-order chi connectivity index (χ0) is 7.70. The second-order valence-corrected chi connectivity index (χ2v) is 1.92. The van der Waals surface area contributed by atoms with E-state index in [2.05, 4.69) is 12.7 Å². The van der Waals surface area contributed by atoms with E-state index in [1.165, 1.54) is 7.05 Å². The summed E-state index contributed by atoms with van der Waals surface area (Å²) < 4.78 is 11.9. The van der Waals surface area contributed by atoms with E-state index in [1.807, 2.05) is 0 Å². The molecular weight excluding hydrogens is 117 g/mol. The van der Waals surface area contributed by atoms with Crippen LogP contribution in [0.15, 0.2) is 0 Å². The summed E-state index contributed by atoms with van der Waals surface area (Å²) >= 11 is 0. The zero-order valence-electron chi connectivity index (χ0n) is 6.65. The van der Waals surface area contributed by atoms with Gasteiger partial charge in [0.25, 0.3) is 0 Å². The van der Waals surface area contributed by atoms with Crippen LogP contribution in [-0.2, 0) is 0 Å². The molecule has 0 spiro atoms. The van der Waals surface area contributed by atoms with Crippen LogP contribution in [0.5, 0.6) is 0 Å². The van der Waals surface area contributed by atoms with E-state index in [-0.39, 0.29) is 0 Å². The van der Waals surface area contributed by atoms with Crippen LogP contribution < -0.4 is 5.73 Å². The number of hydrogen-bond donors (Lipinski definition) is 1. The van der Waals surface area contributed by atoms with Crippen molar-refractivity contribution < 1.29 is 4.39 Å². The quantitative estimate of drug-likeness (QED) is 0.630. The molecule has 0 aromatic rings. The smallest absolute Gasteiger partial charge is 0.0973 e. The fourth-order valence-electron chi connectivity index (χ4n) is 0.485. The molecule has 0 rings (SSSR count). The van der Waals surface area contributed by atoms with Gasteiger partial charge in [-0.3, -0.25) is 0 Å². The zero-order valence-corrected chi connectivity index (χ0v) is 6.65. The van der Waals surface area contributed by atoms with Crippen LogP contribution in [0.2, 0.25) is 0 Å². The van der Waals surface area contributed by atoms with Gasteiger partial charge in [-0.2, -0.15) is 0 Å². The molecular formula is C7H18FN. The number of rotatable bonds is 3. The van der Waals surface area contributed by atoms with Crippen molar-refractivity contribution in [2.24, 2.45) is 5.73 Å². The van der Waals surface area contributed by atoms with Gasteiger partial charge in [0.15, 0.2) is 0 Å². The Morgan fingerprint density at radius 3 is 2.00 bits per heavy atom. The fourth-order valence-corrected chi connectivity index (χ4v) is 0.485. The third-order valence-electron chi connectivity index (χ3n) is 0.955. The molecule has 1 nitrogen and oxygen atoms in total. The minimum atomic E-state index is -0.597. The Balaban J connectivity index is 0. The van der Waals surface area contributed by atoms with E-state index in [0.29, 0.717) is 0 Å². The minimum Gasteiger partial charge on any atom is -0.333 e. The largest absolute Gasteiger partial charge is 0.333 e. The van der Waals surface area contributed by atoms with Crippen molar-refractivity contribution in [3.8, 4) is 0 Å². The number of nitrogens with two attached hydrogens (primary N) is 1. The van der Waals surface area contributed by atoms with E-state index in [1.54, 1.807) is 6.92 Å². The van der Waals surface area contributed by atoms with Crippen LogP contribution in [0.1, 0.15) is 33.1 Å². The van der Waals surface area contributed by atoms with Gasteiger partial charge in [0, 0.05) is 0 Å². The highest BCUT2D eigenvalue weighted by Gasteiger charge is 1.93. The molecule has 58 valence electrons. The second kappa shape index (κ2) is 10.8. The van der Waals surface area contributed by atoms with Gasteiger partial charge in [0.1, 0.15) is 0 Å². The molecule has 0 fully saturated rings.